The highest BCUT2D eigenvalue weighted by atomic mass is 32.2. The number of hydrogen-bond donors (Lipinski definition) is 2. The van der Waals surface area contributed by atoms with Gasteiger partial charge in [0.15, 0.2) is 0 Å². The zero-order valence-corrected chi connectivity index (χ0v) is 18.4. The second-order valence-corrected chi connectivity index (χ2v) is 8.73. The Hall–Kier alpha value is -3.58. The van der Waals surface area contributed by atoms with Gasteiger partial charge in [-0.2, -0.15) is 0 Å². The summed E-state index contributed by atoms with van der Waals surface area (Å²) in [6.07, 6.45) is 3.09. The Bertz CT molecular complexity index is 1200. The maximum absolute atomic E-state index is 12.7. The van der Waals surface area contributed by atoms with Gasteiger partial charge in [0.1, 0.15) is 5.75 Å². The Kier molecular flexibility index (Phi) is 6.77. The molecule has 6 nitrogen and oxygen atoms in total. The van der Waals surface area contributed by atoms with Gasteiger partial charge in [-0.1, -0.05) is 24.3 Å². The van der Waals surface area contributed by atoms with Crippen LogP contribution < -0.4 is 14.8 Å². The summed E-state index contributed by atoms with van der Waals surface area (Å²) in [6.45, 7) is 3.74. The first-order valence-corrected chi connectivity index (χ1v) is 11.1. The van der Waals surface area contributed by atoms with E-state index in [1.165, 1.54) is 18.2 Å². The molecule has 0 bridgehead atoms. The Balaban J connectivity index is 1.65. The van der Waals surface area contributed by atoms with Gasteiger partial charge < -0.3 is 10.1 Å². The fourth-order valence-electron chi connectivity index (χ4n) is 2.84. The van der Waals surface area contributed by atoms with Gasteiger partial charge in [0.25, 0.3) is 10.0 Å². The van der Waals surface area contributed by atoms with E-state index < -0.39 is 10.0 Å². The number of carbonyl (C=O) groups is 1. The Morgan fingerprint density at radius 3 is 2.26 bits per heavy atom. The summed E-state index contributed by atoms with van der Waals surface area (Å²) in [7, 11) is -2.15. The highest BCUT2D eigenvalue weighted by Gasteiger charge is 2.15. The fourth-order valence-corrected chi connectivity index (χ4v) is 3.96. The Labute approximate surface area is 182 Å². The third-order valence-electron chi connectivity index (χ3n) is 4.61. The molecule has 0 saturated heterocycles. The maximum atomic E-state index is 12.7. The summed E-state index contributed by atoms with van der Waals surface area (Å²) in [6, 6.07) is 18.9. The number of methoxy groups -OCH3 is 1. The van der Waals surface area contributed by atoms with Crippen LogP contribution in [0.3, 0.4) is 0 Å². The van der Waals surface area contributed by atoms with E-state index in [0.717, 1.165) is 22.4 Å². The van der Waals surface area contributed by atoms with Crippen molar-refractivity contribution < 1.29 is 17.9 Å². The first kappa shape index (κ1) is 22.1. The molecule has 0 heterocycles. The van der Waals surface area contributed by atoms with Gasteiger partial charge in [0.2, 0.25) is 5.91 Å². The molecule has 3 aromatic carbocycles. The number of ether oxygens (including phenoxy) is 1. The summed E-state index contributed by atoms with van der Waals surface area (Å²) < 4.78 is 33.1. The number of amides is 1. The number of anilines is 2. The van der Waals surface area contributed by atoms with Crippen molar-refractivity contribution >= 4 is 33.4 Å². The zero-order valence-electron chi connectivity index (χ0n) is 17.5. The summed E-state index contributed by atoms with van der Waals surface area (Å²) in [5, 5.41) is 2.71. The molecule has 0 aliphatic carbocycles. The molecule has 160 valence electrons. The molecule has 31 heavy (non-hydrogen) atoms. The van der Waals surface area contributed by atoms with Gasteiger partial charge in [-0.25, -0.2) is 8.42 Å². The lowest BCUT2D eigenvalue weighted by Gasteiger charge is -2.12. The second kappa shape index (κ2) is 9.49. The molecule has 3 rings (SSSR count). The molecule has 7 heteroatoms. The minimum absolute atomic E-state index is 0.111. The largest absolute Gasteiger partial charge is 0.497 e. The number of aryl methyl sites for hydroxylation is 2. The number of benzene rings is 3. The van der Waals surface area contributed by atoms with E-state index >= 15 is 0 Å². The average Bonchev–Trinajstić information content (AvgIpc) is 2.75. The fraction of sp³-hybridized carbons (Fsp3) is 0.125. The number of hydrogen-bond acceptors (Lipinski definition) is 4. The SMILES string of the molecule is COc1ccc(/C=C/C(=O)Nc2ccc(S(=O)(=O)Nc3cc(C)ccc3C)cc2)cc1. The molecule has 3 aromatic rings. The van der Waals surface area contributed by atoms with Crippen LogP contribution in [0.2, 0.25) is 0 Å². The Morgan fingerprint density at radius 2 is 1.61 bits per heavy atom. The van der Waals surface area contributed by atoms with Crippen molar-refractivity contribution in [3.8, 4) is 5.75 Å². The lowest BCUT2D eigenvalue weighted by Crippen LogP contribution is -2.14. The summed E-state index contributed by atoms with van der Waals surface area (Å²) in [4.78, 5) is 12.3. The summed E-state index contributed by atoms with van der Waals surface area (Å²) in [5.74, 6) is 0.420. The standard InChI is InChI=1S/C24H24N2O4S/c1-17-4-5-18(2)23(16-17)26-31(28,29)22-13-9-20(10-14-22)25-24(27)15-8-19-6-11-21(30-3)12-7-19/h4-16,26H,1-3H3,(H,25,27)/b15-8+. The van der Waals surface area contributed by atoms with Crippen LogP contribution >= 0.6 is 0 Å². The first-order chi connectivity index (χ1) is 14.8. The molecule has 0 aliphatic rings. The predicted molar refractivity (Wildman–Crippen MR) is 124 cm³/mol. The van der Waals surface area contributed by atoms with E-state index in [4.69, 9.17) is 4.74 Å². The van der Waals surface area contributed by atoms with E-state index in [-0.39, 0.29) is 10.8 Å². The monoisotopic (exact) mass is 436 g/mol. The highest BCUT2D eigenvalue weighted by Crippen LogP contribution is 2.22. The van der Waals surface area contributed by atoms with Crippen molar-refractivity contribution in [2.45, 2.75) is 18.7 Å². The van der Waals surface area contributed by atoms with Crippen molar-refractivity contribution in [1.82, 2.24) is 0 Å². The zero-order chi connectivity index (χ0) is 22.4. The van der Waals surface area contributed by atoms with Gasteiger partial charge in [-0.15, -0.1) is 0 Å². The van der Waals surface area contributed by atoms with Crippen molar-refractivity contribution in [3.05, 3.63) is 89.5 Å². The van der Waals surface area contributed by atoms with Crippen LogP contribution in [-0.2, 0) is 14.8 Å². The minimum Gasteiger partial charge on any atom is -0.497 e. The number of nitrogens with one attached hydrogen (secondary N) is 2. The molecule has 0 unspecified atom stereocenters. The van der Waals surface area contributed by atoms with Crippen LogP contribution in [0.5, 0.6) is 5.75 Å². The highest BCUT2D eigenvalue weighted by molar-refractivity contribution is 7.92. The van der Waals surface area contributed by atoms with Gasteiger partial charge in [-0.3, -0.25) is 9.52 Å². The second-order valence-electron chi connectivity index (χ2n) is 7.04. The third kappa shape index (κ3) is 5.96. The van der Waals surface area contributed by atoms with Crippen LogP contribution in [0.25, 0.3) is 6.08 Å². The molecule has 0 aromatic heterocycles. The summed E-state index contributed by atoms with van der Waals surface area (Å²) in [5.41, 5.74) is 3.69. The van der Waals surface area contributed by atoms with E-state index in [9.17, 15) is 13.2 Å². The third-order valence-corrected chi connectivity index (χ3v) is 5.99. The van der Waals surface area contributed by atoms with Crippen molar-refractivity contribution in [1.29, 1.82) is 0 Å². The molecular formula is C24H24N2O4S. The molecule has 0 fully saturated rings. The van der Waals surface area contributed by atoms with Gasteiger partial charge in [0.05, 0.1) is 17.7 Å². The maximum Gasteiger partial charge on any atom is 0.261 e. The van der Waals surface area contributed by atoms with E-state index in [0.29, 0.717) is 11.4 Å². The molecular weight excluding hydrogens is 412 g/mol. The predicted octanol–water partition coefficient (Wildman–Crippen LogP) is 4.76. The molecule has 1 amide bonds. The van der Waals surface area contributed by atoms with Crippen LogP contribution in [0.1, 0.15) is 16.7 Å². The average molecular weight is 437 g/mol. The van der Waals surface area contributed by atoms with Crippen LogP contribution in [0.4, 0.5) is 11.4 Å². The topological polar surface area (TPSA) is 84.5 Å². The smallest absolute Gasteiger partial charge is 0.261 e. The van der Waals surface area contributed by atoms with E-state index in [1.807, 2.05) is 50.2 Å². The number of rotatable bonds is 7. The lowest BCUT2D eigenvalue weighted by atomic mass is 10.1. The summed E-state index contributed by atoms with van der Waals surface area (Å²) >= 11 is 0. The molecule has 0 spiro atoms. The van der Waals surface area contributed by atoms with Gasteiger partial charge in [0, 0.05) is 11.8 Å². The first-order valence-electron chi connectivity index (χ1n) is 9.60. The molecule has 0 atom stereocenters. The minimum atomic E-state index is -3.74. The van der Waals surface area contributed by atoms with Crippen molar-refractivity contribution in [2.24, 2.45) is 0 Å². The van der Waals surface area contributed by atoms with Crippen LogP contribution in [0, 0.1) is 13.8 Å². The normalized spacial score (nSPS) is 11.3. The Morgan fingerprint density at radius 1 is 0.935 bits per heavy atom. The van der Waals surface area contributed by atoms with Gasteiger partial charge in [-0.05, 0) is 79.1 Å². The van der Waals surface area contributed by atoms with Crippen molar-refractivity contribution in [2.75, 3.05) is 17.1 Å². The number of carbonyl (C=O) groups excluding carboxylic acids is 1. The van der Waals surface area contributed by atoms with E-state index in [2.05, 4.69) is 10.0 Å². The van der Waals surface area contributed by atoms with Crippen molar-refractivity contribution in [3.63, 3.8) is 0 Å². The molecule has 2 N–H and O–H groups in total. The van der Waals surface area contributed by atoms with Gasteiger partial charge >= 0.3 is 0 Å². The molecule has 0 saturated carbocycles. The van der Waals surface area contributed by atoms with E-state index in [1.54, 1.807) is 31.4 Å². The lowest BCUT2D eigenvalue weighted by molar-refractivity contribution is -0.111. The molecule has 0 aliphatic heterocycles. The molecule has 0 radical (unpaired) electrons. The van der Waals surface area contributed by atoms with Crippen LogP contribution in [-0.4, -0.2) is 21.4 Å². The van der Waals surface area contributed by atoms with Crippen LogP contribution in [0.15, 0.2) is 77.7 Å². The quantitative estimate of drug-likeness (QED) is 0.523. The number of sulfonamides is 1.